The molecular formula is C24H28N4O3S. The SMILES string of the molecule is COc1ccc(-c2nc(C(=O)Nc3ccc(N4CCC(N(C)C)C4)cc3)cs2)c(OC)c1. The summed E-state index contributed by atoms with van der Waals surface area (Å²) in [5.41, 5.74) is 3.12. The molecule has 32 heavy (non-hydrogen) atoms. The number of methoxy groups -OCH3 is 2. The monoisotopic (exact) mass is 452 g/mol. The molecule has 4 rings (SSSR count). The van der Waals surface area contributed by atoms with Crippen molar-refractivity contribution in [2.75, 3.05) is 51.6 Å². The highest BCUT2D eigenvalue weighted by Crippen LogP contribution is 2.35. The zero-order valence-corrected chi connectivity index (χ0v) is 19.6. The van der Waals surface area contributed by atoms with Crippen molar-refractivity contribution in [3.63, 3.8) is 0 Å². The number of amides is 1. The van der Waals surface area contributed by atoms with Crippen LogP contribution in [0, 0.1) is 0 Å². The maximum absolute atomic E-state index is 12.7. The Morgan fingerprint density at radius 2 is 1.94 bits per heavy atom. The maximum Gasteiger partial charge on any atom is 0.275 e. The zero-order valence-electron chi connectivity index (χ0n) is 18.8. The van der Waals surface area contributed by atoms with Gasteiger partial charge in [0.15, 0.2) is 0 Å². The van der Waals surface area contributed by atoms with Crippen molar-refractivity contribution in [3.05, 3.63) is 53.5 Å². The molecule has 0 radical (unpaired) electrons. The lowest BCUT2D eigenvalue weighted by Crippen LogP contribution is -2.31. The van der Waals surface area contributed by atoms with Crippen molar-refractivity contribution < 1.29 is 14.3 Å². The molecule has 1 unspecified atom stereocenters. The number of thiazole rings is 1. The van der Waals surface area contributed by atoms with Crippen LogP contribution in [0.5, 0.6) is 11.5 Å². The van der Waals surface area contributed by atoms with E-state index in [4.69, 9.17) is 9.47 Å². The maximum atomic E-state index is 12.7. The standard InChI is InChI=1S/C24H28N4O3S/c1-27(2)18-11-12-28(14-18)17-7-5-16(6-8-17)25-23(29)21-15-32-24(26-21)20-10-9-19(30-3)13-22(20)31-4/h5-10,13,15,18H,11-12,14H2,1-4H3,(H,25,29). The van der Waals surface area contributed by atoms with E-state index in [1.807, 2.05) is 24.3 Å². The summed E-state index contributed by atoms with van der Waals surface area (Å²) in [7, 11) is 7.47. The summed E-state index contributed by atoms with van der Waals surface area (Å²) in [5.74, 6) is 1.12. The first kappa shape index (κ1) is 22.1. The number of aromatic nitrogens is 1. The molecule has 1 aliphatic heterocycles. The van der Waals surface area contributed by atoms with E-state index in [2.05, 4.69) is 46.3 Å². The van der Waals surface area contributed by atoms with Gasteiger partial charge < -0.3 is 24.6 Å². The largest absolute Gasteiger partial charge is 0.497 e. The van der Waals surface area contributed by atoms with Crippen molar-refractivity contribution in [1.29, 1.82) is 0 Å². The van der Waals surface area contributed by atoms with Crippen LogP contribution in [0.4, 0.5) is 11.4 Å². The molecule has 1 amide bonds. The first-order valence-corrected chi connectivity index (χ1v) is 11.4. The predicted molar refractivity (Wildman–Crippen MR) is 129 cm³/mol. The van der Waals surface area contributed by atoms with Gasteiger partial charge in [0.1, 0.15) is 22.2 Å². The Morgan fingerprint density at radius 1 is 1.16 bits per heavy atom. The van der Waals surface area contributed by atoms with E-state index >= 15 is 0 Å². The normalized spacial score (nSPS) is 15.8. The summed E-state index contributed by atoms with van der Waals surface area (Å²) in [4.78, 5) is 21.9. The molecule has 0 bridgehead atoms. The molecule has 0 spiro atoms. The highest BCUT2D eigenvalue weighted by atomic mass is 32.1. The quantitative estimate of drug-likeness (QED) is 0.579. The number of hydrogen-bond donors (Lipinski definition) is 1. The fraction of sp³-hybridized carbons (Fsp3) is 0.333. The Morgan fingerprint density at radius 3 is 2.59 bits per heavy atom. The fourth-order valence-corrected chi connectivity index (χ4v) is 4.66. The number of nitrogens with one attached hydrogen (secondary N) is 1. The summed E-state index contributed by atoms with van der Waals surface area (Å²) in [6.45, 7) is 2.07. The molecule has 3 aromatic rings. The second kappa shape index (κ2) is 9.58. The van der Waals surface area contributed by atoms with Gasteiger partial charge >= 0.3 is 0 Å². The molecule has 1 N–H and O–H groups in total. The smallest absolute Gasteiger partial charge is 0.275 e. The number of rotatable bonds is 7. The van der Waals surface area contributed by atoms with Crippen LogP contribution in [-0.4, -0.2) is 63.2 Å². The van der Waals surface area contributed by atoms with Gasteiger partial charge in [0.2, 0.25) is 0 Å². The Hall–Kier alpha value is -3.10. The summed E-state index contributed by atoms with van der Waals surface area (Å²) < 4.78 is 10.7. The summed E-state index contributed by atoms with van der Waals surface area (Å²) in [6.07, 6.45) is 1.16. The minimum absolute atomic E-state index is 0.235. The number of benzene rings is 2. The van der Waals surface area contributed by atoms with Gasteiger partial charge in [-0.05, 0) is 56.9 Å². The van der Waals surface area contributed by atoms with E-state index in [0.29, 0.717) is 23.2 Å². The van der Waals surface area contributed by atoms with Gasteiger partial charge in [-0.25, -0.2) is 4.98 Å². The first-order valence-electron chi connectivity index (χ1n) is 10.5. The lowest BCUT2D eigenvalue weighted by molar-refractivity contribution is 0.102. The second-order valence-corrected chi connectivity index (χ2v) is 8.82. The van der Waals surface area contributed by atoms with Crippen LogP contribution in [0.1, 0.15) is 16.9 Å². The number of nitrogens with zero attached hydrogens (tertiary/aromatic N) is 3. The van der Waals surface area contributed by atoms with Crippen molar-refractivity contribution in [2.45, 2.75) is 12.5 Å². The summed E-state index contributed by atoms with van der Waals surface area (Å²) in [5, 5.41) is 5.42. The molecular weight excluding hydrogens is 424 g/mol. The molecule has 0 saturated carbocycles. The Kier molecular flexibility index (Phi) is 6.62. The fourth-order valence-electron chi connectivity index (χ4n) is 3.83. The van der Waals surface area contributed by atoms with Crippen molar-refractivity contribution in [1.82, 2.24) is 9.88 Å². The minimum atomic E-state index is -0.235. The van der Waals surface area contributed by atoms with Crippen LogP contribution in [0.25, 0.3) is 10.6 Å². The van der Waals surface area contributed by atoms with Crippen molar-refractivity contribution in [3.8, 4) is 22.1 Å². The van der Waals surface area contributed by atoms with Gasteiger partial charge in [0.05, 0.1) is 19.8 Å². The van der Waals surface area contributed by atoms with Crippen LogP contribution < -0.4 is 19.7 Å². The van der Waals surface area contributed by atoms with Crippen LogP contribution >= 0.6 is 11.3 Å². The van der Waals surface area contributed by atoms with E-state index in [0.717, 1.165) is 35.8 Å². The van der Waals surface area contributed by atoms with Gasteiger partial charge in [-0.1, -0.05) is 0 Å². The number of hydrogen-bond acceptors (Lipinski definition) is 7. The minimum Gasteiger partial charge on any atom is -0.497 e. The predicted octanol–water partition coefficient (Wildman–Crippen LogP) is 4.22. The van der Waals surface area contributed by atoms with Gasteiger partial charge in [0.25, 0.3) is 5.91 Å². The molecule has 2 heterocycles. The highest BCUT2D eigenvalue weighted by molar-refractivity contribution is 7.13. The van der Waals surface area contributed by atoms with E-state index in [-0.39, 0.29) is 5.91 Å². The topological polar surface area (TPSA) is 66.9 Å². The molecule has 1 atom stereocenters. The van der Waals surface area contributed by atoms with Crippen LogP contribution in [0.15, 0.2) is 47.8 Å². The van der Waals surface area contributed by atoms with Gasteiger partial charge in [-0.2, -0.15) is 0 Å². The Labute approximate surface area is 192 Å². The Balaban J connectivity index is 1.43. The third-order valence-corrected chi connectivity index (χ3v) is 6.64. The molecule has 1 aromatic heterocycles. The van der Waals surface area contributed by atoms with Crippen LogP contribution in [-0.2, 0) is 0 Å². The van der Waals surface area contributed by atoms with Gasteiger partial charge in [0, 0.05) is 42.0 Å². The molecule has 8 heteroatoms. The third-order valence-electron chi connectivity index (χ3n) is 5.76. The number of ether oxygens (including phenoxy) is 2. The highest BCUT2D eigenvalue weighted by Gasteiger charge is 2.24. The average molecular weight is 453 g/mol. The summed E-state index contributed by atoms with van der Waals surface area (Å²) in [6, 6.07) is 14.1. The molecule has 1 aliphatic rings. The van der Waals surface area contributed by atoms with Crippen molar-refractivity contribution in [2.24, 2.45) is 0 Å². The number of likely N-dealkylation sites (N-methyl/N-ethyl adjacent to an activating group) is 1. The molecule has 0 aliphatic carbocycles. The average Bonchev–Trinajstić information content (AvgIpc) is 3.49. The van der Waals surface area contributed by atoms with Crippen LogP contribution in [0.2, 0.25) is 0 Å². The van der Waals surface area contributed by atoms with E-state index in [1.54, 1.807) is 25.7 Å². The molecule has 2 aromatic carbocycles. The molecule has 1 fully saturated rings. The second-order valence-electron chi connectivity index (χ2n) is 7.96. The zero-order chi connectivity index (χ0) is 22.7. The molecule has 168 valence electrons. The lowest BCUT2D eigenvalue weighted by atomic mass is 10.2. The third kappa shape index (κ3) is 4.71. The van der Waals surface area contributed by atoms with Crippen molar-refractivity contribution >= 4 is 28.6 Å². The Bertz CT molecular complexity index is 1080. The number of carbonyl (C=O) groups is 1. The molecule has 7 nitrogen and oxygen atoms in total. The first-order chi connectivity index (χ1) is 15.5. The van der Waals surface area contributed by atoms with Gasteiger partial charge in [-0.3, -0.25) is 4.79 Å². The van der Waals surface area contributed by atoms with Crippen LogP contribution in [0.3, 0.4) is 0 Å². The lowest BCUT2D eigenvalue weighted by Gasteiger charge is -2.22. The van der Waals surface area contributed by atoms with E-state index < -0.39 is 0 Å². The number of carbonyl (C=O) groups excluding carboxylic acids is 1. The van der Waals surface area contributed by atoms with Gasteiger partial charge in [-0.15, -0.1) is 11.3 Å². The summed E-state index contributed by atoms with van der Waals surface area (Å²) >= 11 is 1.40. The molecule has 1 saturated heterocycles. The number of anilines is 2. The van der Waals surface area contributed by atoms with E-state index in [1.165, 1.54) is 17.0 Å². The van der Waals surface area contributed by atoms with E-state index in [9.17, 15) is 4.79 Å².